The van der Waals surface area contributed by atoms with Gasteiger partial charge in [0.05, 0.1) is 0 Å². The molecule has 0 aromatic heterocycles. The SMILES string of the molecule is CN=C(N)C(F)(F)[Si](C)(C)C. The van der Waals surface area contributed by atoms with Crippen LogP contribution < -0.4 is 5.73 Å². The van der Waals surface area contributed by atoms with E-state index < -0.39 is 19.5 Å². The Hall–Kier alpha value is -0.453. The molecular weight excluding hydrogens is 166 g/mol. The predicted molar refractivity (Wildman–Crippen MR) is 45.8 cm³/mol. The number of nitrogens with two attached hydrogens (primary N) is 1. The second-order valence-electron chi connectivity index (χ2n) is 3.43. The first-order valence-electron chi connectivity index (χ1n) is 3.34. The van der Waals surface area contributed by atoms with Gasteiger partial charge in [-0.3, -0.25) is 4.99 Å². The monoisotopic (exact) mass is 180 g/mol. The Morgan fingerprint density at radius 3 is 1.82 bits per heavy atom. The standard InChI is InChI=1S/C6H14F2N2Si/c1-10-5(9)6(7,8)11(2,3)4/h1-4H3,(H2,9,10). The van der Waals surface area contributed by atoms with Gasteiger partial charge in [-0.1, -0.05) is 19.6 Å². The van der Waals surface area contributed by atoms with Gasteiger partial charge < -0.3 is 5.73 Å². The third-order valence-electron chi connectivity index (χ3n) is 1.50. The minimum atomic E-state index is -2.89. The van der Waals surface area contributed by atoms with Gasteiger partial charge in [0.15, 0.2) is 5.84 Å². The fourth-order valence-electron chi connectivity index (χ4n) is 0.525. The van der Waals surface area contributed by atoms with Crippen LogP contribution in [0.1, 0.15) is 0 Å². The molecule has 0 aromatic carbocycles. The van der Waals surface area contributed by atoms with E-state index in [2.05, 4.69) is 4.99 Å². The molecule has 0 saturated heterocycles. The quantitative estimate of drug-likeness (QED) is 0.390. The van der Waals surface area contributed by atoms with Crippen LogP contribution in [-0.4, -0.2) is 26.5 Å². The summed E-state index contributed by atoms with van der Waals surface area (Å²) in [4.78, 5) is 3.31. The van der Waals surface area contributed by atoms with Crippen molar-refractivity contribution >= 4 is 13.9 Å². The van der Waals surface area contributed by atoms with Crippen molar-refractivity contribution in [3.05, 3.63) is 0 Å². The molecule has 0 bridgehead atoms. The third-order valence-corrected chi connectivity index (χ3v) is 3.64. The van der Waals surface area contributed by atoms with E-state index in [0.29, 0.717) is 0 Å². The van der Waals surface area contributed by atoms with E-state index in [4.69, 9.17) is 5.73 Å². The molecule has 0 spiro atoms. The van der Waals surface area contributed by atoms with E-state index in [1.807, 2.05) is 0 Å². The minimum absolute atomic E-state index is 0.545. The van der Waals surface area contributed by atoms with Crippen molar-refractivity contribution in [2.75, 3.05) is 7.05 Å². The summed E-state index contributed by atoms with van der Waals surface area (Å²) in [5.74, 6) is -0.545. The van der Waals surface area contributed by atoms with Crippen molar-refractivity contribution in [3.63, 3.8) is 0 Å². The Morgan fingerprint density at radius 1 is 1.36 bits per heavy atom. The highest BCUT2D eigenvalue weighted by Crippen LogP contribution is 2.26. The summed E-state index contributed by atoms with van der Waals surface area (Å²) in [6.45, 7) is 4.68. The van der Waals surface area contributed by atoms with Crippen molar-refractivity contribution < 1.29 is 8.78 Å². The summed E-state index contributed by atoms with van der Waals surface area (Å²) < 4.78 is 26.3. The molecule has 66 valence electrons. The molecule has 0 aliphatic rings. The predicted octanol–water partition coefficient (Wildman–Crippen LogP) is 1.49. The van der Waals surface area contributed by atoms with Crippen LogP contribution in [0.3, 0.4) is 0 Å². The molecule has 2 N–H and O–H groups in total. The van der Waals surface area contributed by atoms with E-state index >= 15 is 0 Å². The average Bonchev–Trinajstić information content (AvgIpc) is 1.83. The Morgan fingerprint density at radius 2 is 1.73 bits per heavy atom. The highest BCUT2D eigenvalue weighted by molar-refractivity contribution is 6.81. The van der Waals surface area contributed by atoms with Gasteiger partial charge in [0, 0.05) is 7.05 Å². The van der Waals surface area contributed by atoms with Crippen LogP contribution in [0.4, 0.5) is 8.78 Å². The number of nitrogens with zero attached hydrogens (tertiary/aromatic N) is 1. The molecule has 0 saturated carbocycles. The van der Waals surface area contributed by atoms with Crippen LogP contribution in [0.2, 0.25) is 19.6 Å². The molecule has 0 aliphatic carbocycles. The zero-order valence-electron chi connectivity index (χ0n) is 7.28. The van der Waals surface area contributed by atoms with Crippen molar-refractivity contribution in [2.24, 2.45) is 10.7 Å². The summed E-state index contributed by atoms with van der Waals surface area (Å²) >= 11 is 0. The molecule has 2 nitrogen and oxygen atoms in total. The Kier molecular flexibility index (Phi) is 2.77. The lowest BCUT2D eigenvalue weighted by atomic mass is 10.6. The number of halogens is 2. The van der Waals surface area contributed by atoms with Gasteiger partial charge in [0.1, 0.15) is 8.07 Å². The fourth-order valence-corrected chi connectivity index (χ4v) is 1.40. The van der Waals surface area contributed by atoms with Gasteiger partial charge in [-0.25, -0.2) is 8.78 Å². The number of aliphatic imine (C=N–C) groups is 1. The van der Waals surface area contributed by atoms with Crippen LogP contribution in [0, 0.1) is 0 Å². The third kappa shape index (κ3) is 1.99. The van der Waals surface area contributed by atoms with Crippen molar-refractivity contribution in [2.45, 2.75) is 25.2 Å². The fraction of sp³-hybridized carbons (Fsp3) is 0.833. The first-order chi connectivity index (χ1) is 4.73. The zero-order valence-corrected chi connectivity index (χ0v) is 8.28. The van der Waals surface area contributed by atoms with Crippen LogP contribution in [0.25, 0.3) is 0 Å². The number of alkyl halides is 2. The second kappa shape index (κ2) is 2.89. The van der Waals surface area contributed by atoms with Gasteiger partial charge in [0.2, 0.25) is 0 Å². The highest BCUT2D eigenvalue weighted by Gasteiger charge is 2.48. The summed E-state index contributed by atoms with van der Waals surface area (Å²) in [7, 11) is -1.28. The maximum absolute atomic E-state index is 13.1. The number of rotatable bonds is 2. The Bertz CT molecular complexity index is 172. The van der Waals surface area contributed by atoms with Crippen molar-refractivity contribution in [3.8, 4) is 0 Å². The van der Waals surface area contributed by atoms with Crippen LogP contribution in [0.15, 0.2) is 4.99 Å². The molecule has 0 fully saturated rings. The van der Waals surface area contributed by atoms with Gasteiger partial charge in [-0.2, -0.15) is 0 Å². The van der Waals surface area contributed by atoms with Gasteiger partial charge in [-0.15, -0.1) is 0 Å². The van der Waals surface area contributed by atoms with Gasteiger partial charge >= 0.3 is 0 Å². The first kappa shape index (κ1) is 10.5. The van der Waals surface area contributed by atoms with Crippen LogP contribution >= 0.6 is 0 Å². The lowest BCUT2D eigenvalue weighted by molar-refractivity contribution is 0.158. The van der Waals surface area contributed by atoms with Crippen LogP contribution in [0.5, 0.6) is 0 Å². The molecular formula is C6H14F2N2Si. The van der Waals surface area contributed by atoms with E-state index in [9.17, 15) is 8.78 Å². The van der Waals surface area contributed by atoms with Crippen LogP contribution in [-0.2, 0) is 0 Å². The first-order valence-corrected chi connectivity index (χ1v) is 6.84. The maximum Gasteiger partial charge on any atom is 0.282 e. The molecule has 0 atom stereocenters. The van der Waals surface area contributed by atoms with Crippen molar-refractivity contribution in [1.82, 2.24) is 0 Å². The molecule has 5 heteroatoms. The Labute approximate surface area is 66.5 Å². The molecule has 0 aliphatic heterocycles. The molecule has 0 unspecified atom stereocenters. The summed E-state index contributed by atoms with van der Waals surface area (Å²) in [5, 5.41) is 0. The van der Waals surface area contributed by atoms with Gasteiger partial charge in [-0.05, 0) is 0 Å². The maximum atomic E-state index is 13.1. The second-order valence-corrected chi connectivity index (χ2v) is 8.56. The number of amidine groups is 1. The lowest BCUT2D eigenvalue weighted by Crippen LogP contribution is -2.54. The van der Waals surface area contributed by atoms with E-state index in [-0.39, 0.29) is 0 Å². The molecule has 0 rings (SSSR count). The summed E-state index contributed by atoms with van der Waals surface area (Å²) in [6.07, 6.45) is 0. The minimum Gasteiger partial charge on any atom is -0.383 e. The average molecular weight is 180 g/mol. The normalized spacial score (nSPS) is 15.3. The highest BCUT2D eigenvalue weighted by atomic mass is 28.3. The summed E-state index contributed by atoms with van der Waals surface area (Å²) in [6, 6.07) is 0. The molecule has 11 heavy (non-hydrogen) atoms. The van der Waals surface area contributed by atoms with E-state index in [1.54, 1.807) is 19.6 Å². The number of hydrogen-bond acceptors (Lipinski definition) is 1. The van der Waals surface area contributed by atoms with Gasteiger partial charge in [0.25, 0.3) is 5.55 Å². The number of hydrogen-bond donors (Lipinski definition) is 1. The lowest BCUT2D eigenvalue weighted by Gasteiger charge is -2.27. The topological polar surface area (TPSA) is 38.4 Å². The smallest absolute Gasteiger partial charge is 0.282 e. The van der Waals surface area contributed by atoms with Crippen molar-refractivity contribution in [1.29, 1.82) is 0 Å². The van der Waals surface area contributed by atoms with E-state index in [0.717, 1.165) is 0 Å². The molecule has 0 heterocycles. The summed E-state index contributed by atoms with van der Waals surface area (Å²) in [5.41, 5.74) is 2.18. The van der Waals surface area contributed by atoms with E-state index in [1.165, 1.54) is 7.05 Å². The largest absolute Gasteiger partial charge is 0.383 e. The Balaban J connectivity index is 4.74. The zero-order chi connectivity index (χ0) is 9.28. The molecule has 0 amide bonds. The molecule has 0 radical (unpaired) electrons. The molecule has 0 aromatic rings.